The van der Waals surface area contributed by atoms with Gasteiger partial charge in [0, 0.05) is 32.1 Å². The first-order chi connectivity index (χ1) is 12.3. The van der Waals surface area contributed by atoms with E-state index in [2.05, 4.69) is 36.2 Å². The summed E-state index contributed by atoms with van der Waals surface area (Å²) in [5.74, 6) is -0.0845. The van der Waals surface area contributed by atoms with E-state index in [0.29, 0.717) is 32.5 Å². The quantitative estimate of drug-likeness (QED) is 0.746. The predicted octanol–water partition coefficient (Wildman–Crippen LogP) is 1.82. The molecule has 6 nitrogen and oxygen atoms in total. The van der Waals surface area contributed by atoms with Crippen LogP contribution in [0.5, 0.6) is 0 Å². The van der Waals surface area contributed by atoms with Crippen LogP contribution in [0.4, 0.5) is 0 Å². The van der Waals surface area contributed by atoms with Crippen molar-refractivity contribution in [3.8, 4) is 0 Å². The van der Waals surface area contributed by atoms with E-state index in [1.54, 1.807) is 0 Å². The lowest BCUT2D eigenvalue weighted by Crippen LogP contribution is -2.42. The molecular formula is C19H31N3O3S. The van der Waals surface area contributed by atoms with Gasteiger partial charge in [-0.1, -0.05) is 38.1 Å². The van der Waals surface area contributed by atoms with Crippen LogP contribution in [0, 0.1) is 5.92 Å². The number of nitrogens with zero attached hydrogens (tertiary/aromatic N) is 2. The number of rotatable bonds is 8. The van der Waals surface area contributed by atoms with Crippen LogP contribution in [0.25, 0.3) is 0 Å². The fourth-order valence-electron chi connectivity index (χ4n) is 3.35. The molecule has 0 spiro atoms. The fourth-order valence-corrected chi connectivity index (χ4v) is 4.22. The van der Waals surface area contributed by atoms with Crippen LogP contribution in [0.1, 0.15) is 37.8 Å². The van der Waals surface area contributed by atoms with Gasteiger partial charge in [-0.25, -0.2) is 12.7 Å². The Morgan fingerprint density at radius 2 is 1.73 bits per heavy atom. The van der Waals surface area contributed by atoms with Gasteiger partial charge in [-0.05, 0) is 37.1 Å². The molecule has 0 bridgehead atoms. The summed E-state index contributed by atoms with van der Waals surface area (Å²) < 4.78 is 24.6. The average molecular weight is 382 g/mol. The summed E-state index contributed by atoms with van der Waals surface area (Å²) in [6.45, 7) is 8.54. The standard InChI is InChI=1S/C19H31N3O3S/c1-4-21(5-2)15-18-9-7-6-8-17(18)14-20-19(23)16-10-12-22(13-11-16)26(3,24)25/h6-9,16H,4-5,10-15H2,1-3H3,(H,20,23). The highest BCUT2D eigenvalue weighted by atomic mass is 32.2. The highest BCUT2D eigenvalue weighted by Crippen LogP contribution is 2.20. The second-order valence-corrected chi connectivity index (χ2v) is 8.87. The van der Waals surface area contributed by atoms with Crippen molar-refractivity contribution in [2.45, 2.75) is 39.8 Å². The smallest absolute Gasteiger partial charge is 0.223 e. The maximum atomic E-state index is 12.5. The summed E-state index contributed by atoms with van der Waals surface area (Å²) in [6.07, 6.45) is 2.39. The van der Waals surface area contributed by atoms with Crippen LogP contribution in [-0.4, -0.2) is 56.0 Å². The van der Waals surface area contributed by atoms with Crippen molar-refractivity contribution in [3.05, 3.63) is 35.4 Å². The van der Waals surface area contributed by atoms with Crippen molar-refractivity contribution in [1.82, 2.24) is 14.5 Å². The molecule has 1 heterocycles. The second kappa shape index (κ2) is 9.48. The lowest BCUT2D eigenvalue weighted by Gasteiger charge is -2.29. The van der Waals surface area contributed by atoms with Crippen molar-refractivity contribution in [3.63, 3.8) is 0 Å². The third-order valence-electron chi connectivity index (χ3n) is 5.15. The molecule has 1 aromatic carbocycles. The monoisotopic (exact) mass is 381 g/mol. The molecule has 0 radical (unpaired) electrons. The van der Waals surface area contributed by atoms with E-state index in [4.69, 9.17) is 0 Å². The SMILES string of the molecule is CCN(CC)Cc1ccccc1CNC(=O)C1CCN(S(C)(=O)=O)CC1. The molecule has 1 saturated heterocycles. The van der Waals surface area contributed by atoms with Gasteiger partial charge in [-0.3, -0.25) is 9.69 Å². The Hall–Kier alpha value is -1.44. The van der Waals surface area contributed by atoms with Gasteiger partial charge in [-0.2, -0.15) is 0 Å². The van der Waals surface area contributed by atoms with E-state index in [0.717, 1.165) is 25.2 Å². The van der Waals surface area contributed by atoms with Crippen LogP contribution in [0.15, 0.2) is 24.3 Å². The predicted molar refractivity (Wildman–Crippen MR) is 104 cm³/mol. The van der Waals surface area contributed by atoms with Gasteiger partial charge in [-0.15, -0.1) is 0 Å². The van der Waals surface area contributed by atoms with Crippen LogP contribution in [0.3, 0.4) is 0 Å². The Morgan fingerprint density at radius 1 is 1.15 bits per heavy atom. The third-order valence-corrected chi connectivity index (χ3v) is 6.46. The molecule has 0 aliphatic carbocycles. The molecule has 0 saturated carbocycles. The Bertz CT molecular complexity index is 694. The number of hydrogen-bond acceptors (Lipinski definition) is 4. The van der Waals surface area contributed by atoms with Crippen LogP contribution in [-0.2, 0) is 27.9 Å². The second-order valence-electron chi connectivity index (χ2n) is 6.88. The molecule has 0 unspecified atom stereocenters. The fraction of sp³-hybridized carbons (Fsp3) is 0.632. The molecule has 1 N–H and O–H groups in total. The molecule has 146 valence electrons. The summed E-state index contributed by atoms with van der Waals surface area (Å²) in [5.41, 5.74) is 2.38. The van der Waals surface area contributed by atoms with Gasteiger partial charge in [0.1, 0.15) is 0 Å². The molecule has 1 aliphatic rings. The number of carbonyl (C=O) groups excluding carboxylic acids is 1. The minimum atomic E-state index is -3.16. The molecule has 26 heavy (non-hydrogen) atoms. The third kappa shape index (κ3) is 5.79. The lowest BCUT2D eigenvalue weighted by molar-refractivity contribution is -0.126. The minimum Gasteiger partial charge on any atom is -0.352 e. The van der Waals surface area contributed by atoms with Gasteiger partial charge in [0.05, 0.1) is 6.26 Å². The first kappa shape index (κ1) is 20.9. The van der Waals surface area contributed by atoms with Crippen molar-refractivity contribution < 1.29 is 13.2 Å². The zero-order chi connectivity index (χ0) is 19.2. The first-order valence-electron chi connectivity index (χ1n) is 9.37. The van der Waals surface area contributed by atoms with Crippen molar-refractivity contribution >= 4 is 15.9 Å². The number of carbonyl (C=O) groups is 1. The van der Waals surface area contributed by atoms with Crippen LogP contribution < -0.4 is 5.32 Å². The number of hydrogen-bond donors (Lipinski definition) is 1. The van der Waals surface area contributed by atoms with Crippen molar-refractivity contribution in [2.24, 2.45) is 5.92 Å². The normalized spacial score (nSPS) is 16.8. The van der Waals surface area contributed by atoms with Crippen molar-refractivity contribution in [1.29, 1.82) is 0 Å². The van der Waals surface area contributed by atoms with Gasteiger partial charge in [0.2, 0.25) is 15.9 Å². The van der Waals surface area contributed by atoms with E-state index in [1.165, 1.54) is 16.1 Å². The van der Waals surface area contributed by atoms with Gasteiger partial charge in [0.15, 0.2) is 0 Å². The van der Waals surface area contributed by atoms with Gasteiger partial charge < -0.3 is 5.32 Å². The number of amides is 1. The van der Waals surface area contributed by atoms with Crippen LogP contribution >= 0.6 is 0 Å². The Labute approximate surface area is 157 Å². The largest absolute Gasteiger partial charge is 0.352 e. The molecule has 1 aliphatic heterocycles. The highest BCUT2D eigenvalue weighted by molar-refractivity contribution is 7.88. The maximum absolute atomic E-state index is 12.5. The number of piperidine rings is 1. The molecule has 1 aromatic rings. The lowest BCUT2D eigenvalue weighted by atomic mass is 9.97. The summed E-state index contributed by atoms with van der Waals surface area (Å²) in [7, 11) is -3.16. The Morgan fingerprint density at radius 3 is 2.27 bits per heavy atom. The summed E-state index contributed by atoms with van der Waals surface area (Å²) in [5, 5.41) is 3.05. The number of benzene rings is 1. The summed E-state index contributed by atoms with van der Waals surface area (Å²) >= 11 is 0. The molecule has 2 rings (SSSR count). The molecule has 0 atom stereocenters. The number of sulfonamides is 1. The van der Waals surface area contributed by atoms with E-state index in [-0.39, 0.29) is 11.8 Å². The molecular weight excluding hydrogens is 350 g/mol. The summed E-state index contributed by atoms with van der Waals surface area (Å²) in [6, 6.07) is 8.21. The van der Waals surface area contributed by atoms with E-state index >= 15 is 0 Å². The van der Waals surface area contributed by atoms with E-state index < -0.39 is 10.0 Å². The molecule has 7 heteroatoms. The van der Waals surface area contributed by atoms with Crippen molar-refractivity contribution in [2.75, 3.05) is 32.4 Å². The molecule has 1 amide bonds. The average Bonchev–Trinajstić information content (AvgIpc) is 2.64. The van der Waals surface area contributed by atoms with Gasteiger partial charge >= 0.3 is 0 Å². The summed E-state index contributed by atoms with van der Waals surface area (Å²) in [4.78, 5) is 14.8. The van der Waals surface area contributed by atoms with Gasteiger partial charge in [0.25, 0.3) is 0 Å². The van der Waals surface area contributed by atoms with Crippen LogP contribution in [0.2, 0.25) is 0 Å². The van der Waals surface area contributed by atoms with E-state index in [9.17, 15) is 13.2 Å². The molecule has 0 aromatic heterocycles. The Balaban J connectivity index is 1.90. The number of nitrogens with one attached hydrogen (secondary N) is 1. The zero-order valence-corrected chi connectivity index (χ0v) is 16.9. The Kier molecular flexibility index (Phi) is 7.61. The van der Waals surface area contributed by atoms with E-state index in [1.807, 2.05) is 12.1 Å². The zero-order valence-electron chi connectivity index (χ0n) is 16.1. The first-order valence-corrected chi connectivity index (χ1v) is 11.2. The molecule has 1 fully saturated rings. The highest BCUT2D eigenvalue weighted by Gasteiger charge is 2.28. The maximum Gasteiger partial charge on any atom is 0.223 e. The topological polar surface area (TPSA) is 69.7 Å². The minimum absolute atomic E-state index is 0.0239.